The third-order valence-electron chi connectivity index (χ3n) is 5.59. The molecule has 0 aromatic heterocycles. The number of nitro groups is 1. The zero-order chi connectivity index (χ0) is 20.0. The number of hydrogen-bond acceptors (Lipinski definition) is 7. The number of carbonyl (C=O) groups is 3. The molecular formula is C18H25N3O6. The summed E-state index contributed by atoms with van der Waals surface area (Å²) in [6.45, 7) is 0.866. The molecule has 0 heterocycles. The first-order valence-corrected chi connectivity index (χ1v) is 9.29. The molecule has 0 radical (unpaired) electrons. The highest BCUT2D eigenvalue weighted by molar-refractivity contribution is 5.88. The summed E-state index contributed by atoms with van der Waals surface area (Å²) in [6, 6.07) is 2.15. The number of nitrogens with zero attached hydrogens (tertiary/aromatic N) is 2. The molecule has 2 aliphatic rings. The Morgan fingerprint density at radius 3 is 2.63 bits per heavy atom. The van der Waals surface area contributed by atoms with Gasteiger partial charge in [-0.15, -0.1) is 0 Å². The molecule has 2 aliphatic carbocycles. The maximum atomic E-state index is 12.0. The van der Waals surface area contributed by atoms with Crippen molar-refractivity contribution in [2.75, 3.05) is 13.2 Å². The molecular weight excluding hydrogens is 354 g/mol. The zero-order valence-corrected chi connectivity index (χ0v) is 15.4. The van der Waals surface area contributed by atoms with Gasteiger partial charge < -0.3 is 10.1 Å². The van der Waals surface area contributed by atoms with E-state index in [1.807, 2.05) is 0 Å². The van der Waals surface area contributed by atoms with E-state index in [9.17, 15) is 29.8 Å². The molecule has 0 aliphatic heterocycles. The molecule has 27 heavy (non-hydrogen) atoms. The van der Waals surface area contributed by atoms with Crippen molar-refractivity contribution >= 4 is 17.7 Å². The summed E-state index contributed by atoms with van der Waals surface area (Å²) in [6.07, 6.45) is 3.81. The van der Waals surface area contributed by atoms with Gasteiger partial charge in [0, 0.05) is 23.2 Å². The number of Topliss-reactive ketones (excluding diaryl/α,β-unsaturated/α-hetero) is 1. The van der Waals surface area contributed by atoms with Crippen LogP contribution in [0.25, 0.3) is 0 Å². The Labute approximate surface area is 157 Å². The van der Waals surface area contributed by atoms with Crippen LogP contribution in [0.1, 0.15) is 51.9 Å². The van der Waals surface area contributed by atoms with Crippen LogP contribution in [0, 0.1) is 39.2 Å². The molecule has 2 rings (SSSR count). The summed E-state index contributed by atoms with van der Waals surface area (Å²) in [5.74, 6) is -2.88. The Bertz CT molecular complexity index is 650. The Balaban J connectivity index is 1.84. The number of esters is 1. The quantitative estimate of drug-likeness (QED) is 0.400. The first-order valence-electron chi connectivity index (χ1n) is 9.29. The van der Waals surface area contributed by atoms with Crippen LogP contribution in [-0.4, -0.2) is 41.3 Å². The van der Waals surface area contributed by atoms with Crippen molar-refractivity contribution in [3.8, 4) is 6.07 Å². The van der Waals surface area contributed by atoms with E-state index in [-0.39, 0.29) is 31.1 Å². The third-order valence-corrected chi connectivity index (χ3v) is 5.59. The van der Waals surface area contributed by atoms with Gasteiger partial charge in [0.15, 0.2) is 6.61 Å². The van der Waals surface area contributed by atoms with Crippen molar-refractivity contribution in [2.45, 2.75) is 57.4 Å². The molecule has 9 heteroatoms. The fourth-order valence-electron chi connectivity index (χ4n) is 4.11. The van der Waals surface area contributed by atoms with E-state index in [1.165, 1.54) is 0 Å². The predicted molar refractivity (Wildman–Crippen MR) is 92.8 cm³/mol. The normalized spacial score (nSPS) is 26.8. The van der Waals surface area contributed by atoms with Crippen LogP contribution in [0.4, 0.5) is 0 Å². The molecule has 1 amide bonds. The van der Waals surface area contributed by atoms with E-state index in [0.29, 0.717) is 12.8 Å². The van der Waals surface area contributed by atoms with Crippen LogP contribution in [-0.2, 0) is 19.1 Å². The minimum absolute atomic E-state index is 0.161. The fraction of sp³-hybridized carbons (Fsp3) is 0.778. The first-order chi connectivity index (χ1) is 12.8. The fourth-order valence-corrected chi connectivity index (χ4v) is 4.11. The van der Waals surface area contributed by atoms with Gasteiger partial charge in [-0.3, -0.25) is 24.5 Å². The molecule has 148 valence electrons. The van der Waals surface area contributed by atoms with Crippen LogP contribution in [0.5, 0.6) is 0 Å². The van der Waals surface area contributed by atoms with E-state index in [4.69, 9.17) is 4.74 Å². The van der Waals surface area contributed by atoms with Crippen molar-refractivity contribution in [1.82, 2.24) is 5.32 Å². The van der Waals surface area contributed by atoms with E-state index < -0.39 is 40.8 Å². The average Bonchev–Trinajstić information content (AvgIpc) is 2.87. The number of nitriles is 1. The van der Waals surface area contributed by atoms with Crippen molar-refractivity contribution in [1.29, 1.82) is 5.26 Å². The summed E-state index contributed by atoms with van der Waals surface area (Å²) in [7, 11) is 0. The number of hydrogen-bond donors (Lipinski definition) is 1. The topological polar surface area (TPSA) is 139 Å². The van der Waals surface area contributed by atoms with Gasteiger partial charge in [0.05, 0.1) is 12.5 Å². The smallest absolute Gasteiger partial charge is 0.307 e. The molecule has 2 saturated carbocycles. The lowest BCUT2D eigenvalue weighted by atomic mass is 9.83. The van der Waals surface area contributed by atoms with Crippen molar-refractivity contribution in [2.24, 2.45) is 17.8 Å². The number of nitrogens with one attached hydrogen (secondary N) is 1. The van der Waals surface area contributed by atoms with Gasteiger partial charge in [-0.25, -0.2) is 0 Å². The van der Waals surface area contributed by atoms with Gasteiger partial charge in [0.1, 0.15) is 11.3 Å². The highest BCUT2D eigenvalue weighted by Gasteiger charge is 2.44. The second kappa shape index (κ2) is 8.93. The Morgan fingerprint density at radius 1 is 1.37 bits per heavy atom. The number of rotatable bonds is 7. The lowest BCUT2D eigenvalue weighted by molar-refractivity contribution is -0.490. The summed E-state index contributed by atoms with van der Waals surface area (Å²) in [4.78, 5) is 46.5. The minimum Gasteiger partial charge on any atom is -0.456 e. The number of ketones is 1. The van der Waals surface area contributed by atoms with Crippen LogP contribution in [0.2, 0.25) is 0 Å². The van der Waals surface area contributed by atoms with Crippen molar-refractivity contribution in [3.05, 3.63) is 10.1 Å². The highest BCUT2D eigenvalue weighted by atomic mass is 16.6. The van der Waals surface area contributed by atoms with E-state index in [0.717, 1.165) is 19.3 Å². The Hall–Kier alpha value is -2.50. The largest absolute Gasteiger partial charge is 0.456 e. The lowest BCUT2D eigenvalue weighted by Crippen LogP contribution is -2.50. The van der Waals surface area contributed by atoms with E-state index in [2.05, 4.69) is 11.4 Å². The van der Waals surface area contributed by atoms with E-state index >= 15 is 0 Å². The predicted octanol–water partition coefficient (Wildman–Crippen LogP) is 1.38. The van der Waals surface area contributed by atoms with Crippen LogP contribution in [0.3, 0.4) is 0 Å². The van der Waals surface area contributed by atoms with Gasteiger partial charge >= 0.3 is 5.97 Å². The van der Waals surface area contributed by atoms with Crippen LogP contribution < -0.4 is 5.32 Å². The van der Waals surface area contributed by atoms with Crippen LogP contribution in [0.15, 0.2) is 0 Å². The Morgan fingerprint density at radius 2 is 2.04 bits per heavy atom. The summed E-state index contributed by atoms with van der Waals surface area (Å²) in [5, 5.41) is 22.8. The summed E-state index contributed by atoms with van der Waals surface area (Å²) in [5.41, 5.74) is -0.907. The number of amides is 1. The molecule has 0 aromatic rings. The summed E-state index contributed by atoms with van der Waals surface area (Å²) < 4.78 is 4.95. The molecule has 0 aromatic carbocycles. The number of carbonyl (C=O) groups excluding carboxylic acids is 3. The van der Waals surface area contributed by atoms with Gasteiger partial charge in [-0.05, 0) is 18.8 Å². The lowest BCUT2D eigenvalue weighted by Gasteiger charge is -2.31. The maximum absolute atomic E-state index is 12.0. The highest BCUT2D eigenvalue weighted by Crippen LogP contribution is 2.36. The SMILES string of the molecule is C[C@H]1CC(=O)[C@@H](CC(=O)OCC(=O)NC2(C#N)CCCCC2)[C@@H]1C[N+](=O)[O-]. The van der Waals surface area contributed by atoms with Gasteiger partial charge in [-0.1, -0.05) is 26.2 Å². The maximum Gasteiger partial charge on any atom is 0.307 e. The minimum atomic E-state index is -0.907. The molecule has 2 fully saturated rings. The van der Waals surface area contributed by atoms with Crippen molar-refractivity contribution < 1.29 is 24.0 Å². The monoisotopic (exact) mass is 379 g/mol. The third kappa shape index (κ3) is 5.49. The van der Waals surface area contributed by atoms with Gasteiger partial charge in [0.2, 0.25) is 6.54 Å². The molecule has 0 bridgehead atoms. The summed E-state index contributed by atoms with van der Waals surface area (Å²) >= 11 is 0. The van der Waals surface area contributed by atoms with E-state index in [1.54, 1.807) is 6.92 Å². The first kappa shape index (κ1) is 20.8. The number of ether oxygens (including phenoxy) is 1. The molecule has 0 spiro atoms. The Kier molecular flexibility index (Phi) is 6.88. The van der Waals surface area contributed by atoms with Crippen molar-refractivity contribution in [3.63, 3.8) is 0 Å². The van der Waals surface area contributed by atoms with Gasteiger partial charge in [0.25, 0.3) is 5.91 Å². The average molecular weight is 379 g/mol. The standard InChI is InChI=1S/C18H25N3O6/c1-12-7-15(22)13(14(12)9-21(25)26)8-17(24)27-10-16(23)20-18(11-19)5-3-2-4-6-18/h12-14H,2-10H2,1H3,(H,20,23)/t12-,13-,14+/m0/s1. The van der Waals surface area contributed by atoms with Gasteiger partial charge in [-0.2, -0.15) is 5.26 Å². The molecule has 1 N–H and O–H groups in total. The van der Waals surface area contributed by atoms with Crippen LogP contribution >= 0.6 is 0 Å². The second-order valence-electron chi connectivity index (χ2n) is 7.60. The second-order valence-corrected chi connectivity index (χ2v) is 7.60. The molecule has 3 atom stereocenters. The zero-order valence-electron chi connectivity index (χ0n) is 15.4. The molecule has 0 unspecified atom stereocenters. The molecule has 0 saturated heterocycles. The molecule has 9 nitrogen and oxygen atoms in total.